The number of nitrogens with zero attached hydrogens (tertiary/aromatic N) is 6. The van der Waals surface area contributed by atoms with Crippen molar-refractivity contribution in [2.24, 2.45) is 5.41 Å². The van der Waals surface area contributed by atoms with Crippen LogP contribution >= 0.6 is 0 Å². The predicted molar refractivity (Wildman–Crippen MR) is 198 cm³/mol. The molecule has 0 unspecified atom stereocenters. The highest BCUT2D eigenvalue weighted by Gasteiger charge is 2.29. The van der Waals surface area contributed by atoms with Gasteiger partial charge in [0, 0.05) is 12.5 Å². The number of aromatic amines is 2. The van der Waals surface area contributed by atoms with Crippen molar-refractivity contribution in [2.45, 2.75) is 40.8 Å². The minimum atomic E-state index is -0.472. The zero-order valence-electron chi connectivity index (χ0n) is 30.0. The van der Waals surface area contributed by atoms with Crippen LogP contribution in [-0.2, 0) is 17.8 Å². The summed E-state index contributed by atoms with van der Waals surface area (Å²) in [6, 6.07) is 4.73. The fourth-order valence-corrected chi connectivity index (χ4v) is 5.81. The first-order valence-corrected chi connectivity index (χ1v) is 17.1. The third-order valence-corrected chi connectivity index (χ3v) is 8.26. The van der Waals surface area contributed by atoms with Crippen LogP contribution in [0.25, 0.3) is 22.3 Å². The first kappa shape index (κ1) is 36.4. The Hall–Kier alpha value is -6.39. The molecule has 2 aliphatic heterocycles. The van der Waals surface area contributed by atoms with Gasteiger partial charge < -0.3 is 40.0 Å². The summed E-state index contributed by atoms with van der Waals surface area (Å²) < 4.78 is 39.2. The van der Waals surface area contributed by atoms with Crippen LogP contribution in [0.2, 0.25) is 0 Å². The molecule has 0 saturated heterocycles. The Morgan fingerprint density at radius 3 is 2.08 bits per heavy atom. The van der Waals surface area contributed by atoms with Crippen molar-refractivity contribution in [1.82, 2.24) is 39.0 Å². The van der Waals surface area contributed by atoms with Crippen molar-refractivity contribution in [3.05, 3.63) is 98.3 Å². The molecule has 0 fully saturated rings. The number of fused-ring (bicyclic) bond motifs is 5. The first-order valence-electron chi connectivity index (χ1n) is 17.1. The maximum Gasteiger partial charge on any atom is 0.328 e. The lowest BCUT2D eigenvalue weighted by atomic mass is 9.94. The zero-order chi connectivity index (χ0) is 37.7. The number of hydrogen-bond donors (Lipinski definition) is 4. The van der Waals surface area contributed by atoms with Gasteiger partial charge in [0.1, 0.15) is 43.2 Å². The summed E-state index contributed by atoms with van der Waals surface area (Å²) in [6.07, 6.45) is 11.3. The number of ether oxygens (including phenoxy) is 4. The third-order valence-electron chi connectivity index (χ3n) is 8.26. The number of nitrogens with one attached hydrogen (secondary N) is 3. The van der Waals surface area contributed by atoms with E-state index in [9.17, 15) is 14.0 Å². The smallest absolute Gasteiger partial charge is 0.328 e. The van der Waals surface area contributed by atoms with Crippen molar-refractivity contribution in [1.29, 1.82) is 0 Å². The summed E-state index contributed by atoms with van der Waals surface area (Å²) in [5.41, 5.74) is 8.44. The van der Waals surface area contributed by atoms with Crippen molar-refractivity contribution >= 4 is 34.0 Å². The maximum atomic E-state index is 13.9. The van der Waals surface area contributed by atoms with Crippen LogP contribution in [0.1, 0.15) is 33.3 Å². The second-order valence-electron chi connectivity index (χ2n) is 12.3. The van der Waals surface area contributed by atoms with E-state index in [1.54, 1.807) is 35.9 Å². The monoisotopic (exact) mass is 728 g/mol. The second kappa shape index (κ2) is 15.5. The van der Waals surface area contributed by atoms with Gasteiger partial charge in [-0.15, -0.1) is 0 Å². The van der Waals surface area contributed by atoms with Gasteiger partial charge in [-0.1, -0.05) is 26.0 Å². The van der Waals surface area contributed by atoms with E-state index < -0.39 is 11.5 Å². The summed E-state index contributed by atoms with van der Waals surface area (Å²) >= 11 is 0. The molecule has 4 aromatic heterocycles. The standard InChI is InChI=1S/C18H21N5O3.C16H14FN5O3.C2H6/c1-18(2)9-11-8-12(18)25-6-4-5-7-26-16-21-14(19-3)13-15(22-16)23(10-11)17(24)20-13;17-10-4-3-9-7-11(10)24-5-1-2-6-25-15-20-13(18)12-14(21-15)22(8-9)16(23)19-12;1-2/h4-5,8-9H,6-7,10H2,1-3H3,(H,20,24)(H,19,21,22);1-4,7H,5-6,8H2,(H,19,23)(H2,18,20,21);1-2H3/b5-4+;2-1-;. The predicted octanol–water partition coefficient (Wildman–Crippen LogP) is 4.22. The second-order valence-corrected chi connectivity index (χ2v) is 12.3. The third kappa shape index (κ3) is 7.78. The Labute approximate surface area is 302 Å². The number of imidazole rings is 2. The highest BCUT2D eigenvalue weighted by molar-refractivity contribution is 5.83. The molecule has 278 valence electrons. The van der Waals surface area contributed by atoms with Crippen LogP contribution in [0, 0.1) is 11.2 Å². The van der Waals surface area contributed by atoms with Crippen molar-refractivity contribution < 1.29 is 23.3 Å². The lowest BCUT2D eigenvalue weighted by Crippen LogP contribution is -2.18. The minimum absolute atomic E-state index is 0.0696. The Morgan fingerprint density at radius 2 is 1.40 bits per heavy atom. The lowest BCUT2D eigenvalue weighted by Gasteiger charge is -2.20. The molecule has 6 heterocycles. The van der Waals surface area contributed by atoms with Crippen molar-refractivity contribution in [3.8, 4) is 17.8 Å². The van der Waals surface area contributed by atoms with E-state index in [1.807, 2.05) is 32.1 Å². The number of hydrogen-bond acceptors (Lipinski definition) is 12. The topological polar surface area (TPSA) is 202 Å². The summed E-state index contributed by atoms with van der Waals surface area (Å²) in [6.45, 7) is 9.88. The maximum absolute atomic E-state index is 13.9. The average molecular weight is 729 g/mol. The molecule has 8 bridgehead atoms. The average Bonchev–Trinajstić information content (AvgIpc) is 3.74. The molecule has 1 aliphatic carbocycles. The van der Waals surface area contributed by atoms with Crippen molar-refractivity contribution in [3.63, 3.8) is 0 Å². The normalized spacial score (nSPS) is 17.2. The molecule has 5 aromatic rings. The fraction of sp³-hybridized carbons (Fsp3) is 0.333. The van der Waals surface area contributed by atoms with E-state index in [-0.39, 0.29) is 54.5 Å². The number of allylic oxidation sites excluding steroid dienone is 3. The van der Waals surface area contributed by atoms with Gasteiger partial charge in [0.05, 0.1) is 13.1 Å². The summed E-state index contributed by atoms with van der Waals surface area (Å²) in [5.74, 6) is 1.17. The molecule has 0 saturated carbocycles. The molecule has 0 amide bonds. The van der Waals surface area contributed by atoms with Crippen LogP contribution < -0.4 is 36.6 Å². The van der Waals surface area contributed by atoms with Gasteiger partial charge in [-0.05, 0) is 67.5 Å². The number of nitrogens with two attached hydrogens (primary N) is 1. The number of nitrogen functional groups attached to an aromatic ring is 1. The highest BCUT2D eigenvalue weighted by atomic mass is 19.1. The van der Waals surface area contributed by atoms with Crippen LogP contribution in [0.4, 0.5) is 16.0 Å². The number of H-pyrrole nitrogens is 2. The van der Waals surface area contributed by atoms with Gasteiger partial charge in [0.2, 0.25) is 0 Å². The van der Waals surface area contributed by atoms with Crippen LogP contribution in [0.3, 0.4) is 0 Å². The largest absolute Gasteiger partial charge is 0.493 e. The van der Waals surface area contributed by atoms with Gasteiger partial charge in [0.15, 0.2) is 34.5 Å². The molecule has 0 atom stereocenters. The quantitative estimate of drug-likeness (QED) is 0.179. The molecular formula is C36H41FN10O6. The first-order chi connectivity index (χ1) is 25.6. The van der Waals surface area contributed by atoms with Gasteiger partial charge in [-0.3, -0.25) is 9.13 Å². The number of aromatic nitrogens is 8. The Kier molecular flexibility index (Phi) is 10.6. The number of rotatable bonds is 1. The molecule has 5 N–H and O–H groups in total. The van der Waals surface area contributed by atoms with E-state index in [0.29, 0.717) is 53.5 Å². The molecule has 17 heteroatoms. The summed E-state index contributed by atoms with van der Waals surface area (Å²) in [4.78, 5) is 47.3. The van der Waals surface area contributed by atoms with E-state index in [2.05, 4.69) is 55.1 Å². The highest BCUT2D eigenvalue weighted by Crippen LogP contribution is 2.37. The minimum Gasteiger partial charge on any atom is -0.493 e. The molecule has 0 radical (unpaired) electrons. The lowest BCUT2D eigenvalue weighted by molar-refractivity contribution is 0.193. The van der Waals surface area contributed by atoms with E-state index in [0.717, 1.165) is 11.3 Å². The Morgan fingerprint density at radius 1 is 0.811 bits per heavy atom. The molecule has 1 aromatic carbocycles. The molecule has 16 nitrogen and oxygen atoms in total. The van der Waals surface area contributed by atoms with Crippen LogP contribution in [0.5, 0.6) is 17.8 Å². The number of benzene rings is 1. The van der Waals surface area contributed by atoms with Crippen molar-refractivity contribution in [2.75, 3.05) is 44.5 Å². The van der Waals surface area contributed by atoms with Gasteiger partial charge in [-0.2, -0.15) is 19.9 Å². The zero-order valence-corrected chi connectivity index (χ0v) is 30.0. The molecule has 8 rings (SSSR count). The summed E-state index contributed by atoms with van der Waals surface area (Å²) in [7, 11) is 1.74. The molecular weight excluding hydrogens is 687 g/mol. The SMILES string of the molecule is CC.CNc1nc2nc3c1[nH]c(=O)n3CC1=CC(C)(C)C(=C1)OC/C=C/CO2.Nc1nc2nc3c1[nH]c(=O)n3Cc1ccc(F)c(c1)OC/C=C\CO2. The number of halogens is 1. The molecule has 3 aliphatic rings. The fourth-order valence-electron chi connectivity index (χ4n) is 5.81. The molecule has 0 spiro atoms. The van der Waals surface area contributed by atoms with E-state index in [4.69, 9.17) is 24.7 Å². The number of anilines is 2. The Balaban J connectivity index is 0.000000173. The van der Waals surface area contributed by atoms with E-state index >= 15 is 0 Å². The van der Waals surface area contributed by atoms with Gasteiger partial charge in [-0.25, -0.2) is 14.0 Å². The van der Waals surface area contributed by atoms with Gasteiger partial charge in [0.25, 0.3) is 0 Å². The van der Waals surface area contributed by atoms with Crippen LogP contribution in [0.15, 0.2) is 75.6 Å². The van der Waals surface area contributed by atoms with Crippen LogP contribution in [-0.4, -0.2) is 72.5 Å². The summed E-state index contributed by atoms with van der Waals surface area (Å²) in [5, 5.41) is 2.99. The Bertz CT molecular complexity index is 2380. The van der Waals surface area contributed by atoms with E-state index in [1.165, 1.54) is 10.6 Å². The van der Waals surface area contributed by atoms with Gasteiger partial charge >= 0.3 is 23.4 Å². The molecule has 53 heavy (non-hydrogen) atoms.